The number of nitrogens with two attached hydrogens (primary N) is 1. The summed E-state index contributed by atoms with van der Waals surface area (Å²) >= 11 is 26.8. The van der Waals surface area contributed by atoms with Gasteiger partial charge in [-0.3, -0.25) is 9.59 Å². The Morgan fingerprint density at radius 2 is 1.15 bits per heavy atom. The van der Waals surface area contributed by atoms with E-state index >= 15 is 0 Å². The second-order valence-corrected chi connectivity index (χ2v) is 28.2. The fourth-order valence-corrected chi connectivity index (χ4v) is 15.1. The lowest BCUT2D eigenvalue weighted by Crippen LogP contribution is -2.39. The average molecular weight is 1260 g/mol. The summed E-state index contributed by atoms with van der Waals surface area (Å²) in [6.07, 6.45) is 1.17. The SMILES string of the molecule is COC(=O)CC(c1ccc(S(=O)(=O)CC2CC2)cc1)c1nc2c(Cl)c(N3CCC(F)(F)CC3)c(Cl)cc2n1C(=O)OC(C)(C)C.NC(=O)CC(c1ccc(S(=O)(=O)CC2CC2)cc1)c1nc2c(Cl)c(N3CCC(F)(F)CC3)c(Cl)cc2[nH]1. The van der Waals surface area contributed by atoms with Gasteiger partial charge in [-0.05, 0) is 106 Å². The number of carbonyl (C=O) groups excluding carboxylic acids is 3. The molecular weight excluding hydrogens is 1200 g/mol. The lowest BCUT2D eigenvalue weighted by Gasteiger charge is -2.34. The zero-order chi connectivity index (χ0) is 59.4. The van der Waals surface area contributed by atoms with Crippen LogP contribution in [0.25, 0.3) is 22.1 Å². The first-order valence-electron chi connectivity index (χ1n) is 26.7. The van der Waals surface area contributed by atoms with E-state index in [-0.39, 0.29) is 130 Å². The number of hydrogen-bond acceptors (Lipinski definition) is 13. The first-order valence-corrected chi connectivity index (χ1v) is 31.5. The molecule has 2 unspecified atom stereocenters. The number of piperidine rings is 2. The number of halogens is 8. The normalized spacial score (nSPS) is 18.2. The molecule has 4 heterocycles. The zero-order valence-corrected chi connectivity index (χ0v) is 49.9. The number of fused-ring (bicyclic) bond motifs is 2. The molecule has 10 rings (SSSR count). The Hall–Kier alpha value is -5.39. The highest BCUT2D eigenvalue weighted by molar-refractivity contribution is 7.91. The number of imidazole rings is 2. The number of rotatable bonds is 16. The maximum absolute atomic E-state index is 13.9. The summed E-state index contributed by atoms with van der Waals surface area (Å²) in [5.41, 5.74) is 7.80. The van der Waals surface area contributed by atoms with E-state index in [1.54, 1.807) is 60.9 Å². The number of primary amides is 1. The Balaban J connectivity index is 0.000000201. The molecule has 0 radical (unpaired) electrons. The third-order valence-corrected chi connectivity index (χ3v) is 20.0. The number of sulfone groups is 2. The summed E-state index contributed by atoms with van der Waals surface area (Å²) in [7, 11) is -5.65. The van der Waals surface area contributed by atoms with Crippen LogP contribution < -0.4 is 15.5 Å². The molecule has 1 amide bonds. The number of anilines is 2. The fraction of sp³-hybridized carbons (Fsp3) is 0.482. The minimum atomic E-state index is -3.50. The van der Waals surface area contributed by atoms with Crippen LogP contribution in [0, 0.1) is 11.8 Å². The molecule has 4 aromatic carbocycles. The van der Waals surface area contributed by atoms with Crippen LogP contribution in [0.2, 0.25) is 20.1 Å². The Labute approximate surface area is 492 Å². The van der Waals surface area contributed by atoms with Gasteiger partial charge in [-0.15, -0.1) is 0 Å². The molecular formula is C56H61Cl4F4N7O9S2. The topological polar surface area (TPSA) is 217 Å². The number of ether oxygens (including phenoxy) is 2. The molecule has 2 aliphatic carbocycles. The van der Waals surface area contributed by atoms with E-state index in [2.05, 4.69) is 9.97 Å². The van der Waals surface area contributed by atoms with Crippen molar-refractivity contribution >= 4 is 117 Å². The second-order valence-electron chi connectivity index (χ2n) is 22.5. The van der Waals surface area contributed by atoms with Gasteiger partial charge in [-0.2, -0.15) is 0 Å². The maximum atomic E-state index is 13.9. The quantitative estimate of drug-likeness (QED) is 0.0682. The first-order chi connectivity index (χ1) is 38.4. The van der Waals surface area contributed by atoms with Crippen molar-refractivity contribution in [2.75, 3.05) is 54.6 Å². The van der Waals surface area contributed by atoms with Crippen LogP contribution >= 0.6 is 46.4 Å². The van der Waals surface area contributed by atoms with Gasteiger partial charge in [-0.1, -0.05) is 70.7 Å². The highest BCUT2D eigenvalue weighted by Gasteiger charge is 2.39. The highest BCUT2D eigenvalue weighted by atomic mass is 35.5. The van der Waals surface area contributed by atoms with Crippen molar-refractivity contribution in [3.63, 3.8) is 0 Å². The van der Waals surface area contributed by atoms with Crippen molar-refractivity contribution in [3.05, 3.63) is 104 Å². The number of aromatic nitrogens is 4. The van der Waals surface area contributed by atoms with E-state index in [4.69, 9.17) is 66.6 Å². The molecule has 2 saturated heterocycles. The molecule has 82 heavy (non-hydrogen) atoms. The number of alkyl halides is 4. The van der Waals surface area contributed by atoms with Gasteiger partial charge in [0.15, 0.2) is 19.7 Å². The third kappa shape index (κ3) is 14.1. The molecule has 6 aromatic rings. The van der Waals surface area contributed by atoms with E-state index in [1.165, 1.54) is 42.0 Å². The van der Waals surface area contributed by atoms with Crippen molar-refractivity contribution in [1.29, 1.82) is 0 Å². The van der Waals surface area contributed by atoms with Gasteiger partial charge >= 0.3 is 12.1 Å². The molecule has 0 bridgehead atoms. The van der Waals surface area contributed by atoms with E-state index in [0.29, 0.717) is 44.4 Å². The molecule has 442 valence electrons. The third-order valence-electron chi connectivity index (χ3n) is 14.9. The van der Waals surface area contributed by atoms with Gasteiger partial charge < -0.3 is 30.0 Å². The summed E-state index contributed by atoms with van der Waals surface area (Å²) in [5, 5.41) is 0.720. The van der Waals surface area contributed by atoms with Gasteiger partial charge in [0.05, 0.1) is 89.2 Å². The van der Waals surface area contributed by atoms with E-state index in [1.807, 2.05) is 0 Å². The van der Waals surface area contributed by atoms with Crippen molar-refractivity contribution in [3.8, 4) is 0 Å². The average Bonchev–Trinajstić information content (AvgIpc) is 4.20. The van der Waals surface area contributed by atoms with E-state index < -0.39 is 66.9 Å². The summed E-state index contributed by atoms with van der Waals surface area (Å²) in [5.74, 6) is -7.07. The number of amides is 1. The molecule has 2 aliphatic heterocycles. The summed E-state index contributed by atoms with van der Waals surface area (Å²) in [6, 6.07) is 15.6. The second kappa shape index (κ2) is 23.6. The molecule has 2 saturated carbocycles. The van der Waals surface area contributed by atoms with Crippen molar-refractivity contribution in [2.24, 2.45) is 17.6 Å². The smallest absolute Gasteiger partial charge is 0.420 e. The molecule has 2 atom stereocenters. The highest BCUT2D eigenvalue weighted by Crippen LogP contribution is 2.46. The lowest BCUT2D eigenvalue weighted by molar-refractivity contribution is -0.141. The molecule has 3 N–H and O–H groups in total. The summed E-state index contributed by atoms with van der Waals surface area (Å²) in [4.78, 5) is 54.7. The van der Waals surface area contributed by atoms with E-state index in [0.717, 1.165) is 25.7 Å². The van der Waals surface area contributed by atoms with Crippen LogP contribution in [0.3, 0.4) is 0 Å². The predicted molar refractivity (Wildman–Crippen MR) is 307 cm³/mol. The van der Waals surface area contributed by atoms with Gasteiger partial charge in [0, 0.05) is 58.3 Å². The number of nitrogens with zero attached hydrogens (tertiary/aromatic N) is 5. The Kier molecular flexibility index (Phi) is 17.6. The molecule has 4 fully saturated rings. The monoisotopic (exact) mass is 1260 g/mol. The standard InChI is InChI=1S/C31H35Cl2F2N3O6S.C25H26Cl2F2N4O3S/c1-30(2,3)44-29(40)38-23-16-22(32)27(37-13-11-31(34,35)12-14-37)25(33)26(23)36-28(38)21(15-24(39)43-4)19-7-9-20(10-8-19)45(41,42)17-18-5-6-18;26-18-12-19-22(21(27)23(18)33-9-7-25(28,29)8-10-33)32-24(31-19)17(11-20(30)34)15-3-5-16(6-4-15)37(35,36)13-14-1-2-14/h7-10,16,18,21H,5-6,11-15,17H2,1-4H3;3-6,12,14,17H,1-2,7-11,13H2,(H2,30,34)(H,31,32). The Morgan fingerprint density at radius 1 is 0.695 bits per heavy atom. The van der Waals surface area contributed by atoms with Crippen molar-refractivity contribution < 1.29 is 58.3 Å². The number of nitrogens with one attached hydrogen (secondary N) is 1. The fourth-order valence-electron chi connectivity index (χ4n) is 10.2. The molecule has 4 aliphatic rings. The lowest BCUT2D eigenvalue weighted by atomic mass is 9.95. The molecule has 16 nitrogen and oxygen atoms in total. The van der Waals surface area contributed by atoms with E-state index in [9.17, 15) is 48.8 Å². The summed E-state index contributed by atoms with van der Waals surface area (Å²) < 4.78 is 118. The molecule has 2 aromatic heterocycles. The predicted octanol–water partition coefficient (Wildman–Crippen LogP) is 12.5. The van der Waals surface area contributed by atoms with Crippen LogP contribution in [0.4, 0.5) is 33.7 Å². The van der Waals surface area contributed by atoms with Gasteiger partial charge in [0.25, 0.3) is 11.8 Å². The Bertz CT molecular complexity index is 3650. The number of carbonyl (C=O) groups is 3. The maximum Gasteiger partial charge on any atom is 0.420 e. The number of aromatic amines is 1. The van der Waals surface area contributed by atoms with Gasteiger partial charge in [0.2, 0.25) is 5.91 Å². The minimum Gasteiger partial charge on any atom is -0.469 e. The minimum absolute atomic E-state index is 0.0124. The first kappa shape index (κ1) is 61.2. The largest absolute Gasteiger partial charge is 0.469 e. The number of H-pyrrole nitrogens is 1. The molecule has 0 spiro atoms. The van der Waals surface area contributed by atoms with Crippen molar-refractivity contribution in [2.45, 2.75) is 124 Å². The summed E-state index contributed by atoms with van der Waals surface area (Å²) in [6.45, 7) is 5.32. The van der Waals surface area contributed by atoms with Crippen LogP contribution in [0.15, 0.2) is 70.5 Å². The van der Waals surface area contributed by atoms with Crippen LogP contribution in [-0.2, 0) is 38.7 Å². The Morgan fingerprint density at radius 3 is 1.59 bits per heavy atom. The van der Waals surface area contributed by atoms with Gasteiger partial charge in [0.1, 0.15) is 28.3 Å². The van der Waals surface area contributed by atoms with Crippen LogP contribution in [-0.4, -0.2) is 117 Å². The van der Waals surface area contributed by atoms with Gasteiger partial charge in [-0.25, -0.2) is 53.7 Å². The number of esters is 1. The van der Waals surface area contributed by atoms with Crippen LogP contribution in [0.1, 0.15) is 120 Å². The molecule has 26 heteroatoms. The number of methoxy groups -OCH3 is 1. The number of hydrogen-bond donors (Lipinski definition) is 2. The zero-order valence-electron chi connectivity index (χ0n) is 45.2. The van der Waals surface area contributed by atoms with Crippen LogP contribution in [0.5, 0.6) is 0 Å². The van der Waals surface area contributed by atoms with Crippen molar-refractivity contribution in [1.82, 2.24) is 19.5 Å². The number of benzene rings is 4.